The molecule has 6 heteroatoms. The zero-order chi connectivity index (χ0) is 14.0. The maximum absolute atomic E-state index is 12.0. The molecule has 0 aliphatic heterocycles. The van der Waals surface area contributed by atoms with Crippen molar-refractivity contribution in [2.24, 2.45) is 0 Å². The quantitative estimate of drug-likeness (QED) is 0.843. The molecule has 2 aromatic rings. The van der Waals surface area contributed by atoms with E-state index in [0.29, 0.717) is 27.0 Å². The van der Waals surface area contributed by atoms with Crippen molar-refractivity contribution in [1.29, 1.82) is 0 Å². The second kappa shape index (κ2) is 5.19. The van der Waals surface area contributed by atoms with Crippen molar-refractivity contribution in [3.8, 4) is 0 Å². The first-order valence-corrected chi connectivity index (χ1v) is 6.44. The zero-order valence-corrected chi connectivity index (χ0v) is 11.4. The number of rotatable bonds is 3. The van der Waals surface area contributed by atoms with E-state index in [-0.39, 0.29) is 11.7 Å². The van der Waals surface area contributed by atoms with Gasteiger partial charge in [-0.3, -0.25) is 9.59 Å². The summed E-state index contributed by atoms with van der Waals surface area (Å²) in [7, 11) is 0. The van der Waals surface area contributed by atoms with Crippen LogP contribution in [0.2, 0.25) is 0 Å². The monoisotopic (exact) mass is 275 g/mol. The van der Waals surface area contributed by atoms with Gasteiger partial charge in [-0.15, -0.1) is 0 Å². The molecule has 0 saturated carbocycles. The van der Waals surface area contributed by atoms with Crippen molar-refractivity contribution in [3.05, 3.63) is 40.4 Å². The molecule has 5 nitrogen and oxygen atoms in total. The molecule has 0 fully saturated rings. The van der Waals surface area contributed by atoms with Crippen LogP contribution in [-0.2, 0) is 0 Å². The zero-order valence-electron chi connectivity index (χ0n) is 10.6. The molecule has 0 bridgehead atoms. The van der Waals surface area contributed by atoms with Crippen molar-refractivity contribution in [1.82, 2.24) is 4.98 Å². The number of carbonyl (C=O) groups excluding carboxylic acids is 2. The van der Waals surface area contributed by atoms with Crippen LogP contribution in [0.4, 0.5) is 10.8 Å². The van der Waals surface area contributed by atoms with Crippen LogP contribution >= 0.6 is 11.3 Å². The summed E-state index contributed by atoms with van der Waals surface area (Å²) in [4.78, 5) is 27.6. The van der Waals surface area contributed by atoms with E-state index in [1.165, 1.54) is 6.92 Å². The Morgan fingerprint density at radius 2 is 1.89 bits per heavy atom. The predicted octanol–water partition coefficient (Wildman–Crippen LogP) is 2.49. The van der Waals surface area contributed by atoms with E-state index in [1.54, 1.807) is 31.2 Å². The van der Waals surface area contributed by atoms with Crippen molar-refractivity contribution in [2.45, 2.75) is 13.8 Å². The minimum absolute atomic E-state index is 0.0102. The first-order valence-electron chi connectivity index (χ1n) is 5.62. The molecule has 0 radical (unpaired) electrons. The van der Waals surface area contributed by atoms with Gasteiger partial charge in [-0.1, -0.05) is 11.3 Å². The van der Waals surface area contributed by atoms with E-state index in [1.807, 2.05) is 0 Å². The fourth-order valence-corrected chi connectivity index (χ4v) is 2.33. The highest BCUT2D eigenvalue weighted by molar-refractivity contribution is 7.17. The average molecular weight is 275 g/mol. The van der Waals surface area contributed by atoms with E-state index in [0.717, 1.165) is 11.3 Å². The lowest BCUT2D eigenvalue weighted by Gasteiger charge is -2.04. The maximum atomic E-state index is 12.0. The number of aryl methyl sites for hydroxylation is 1. The maximum Gasteiger partial charge on any atom is 0.267 e. The highest BCUT2D eigenvalue weighted by atomic mass is 32.1. The van der Waals surface area contributed by atoms with E-state index < -0.39 is 0 Å². The summed E-state index contributed by atoms with van der Waals surface area (Å²) in [5.74, 6) is -0.258. The second-order valence-electron chi connectivity index (χ2n) is 4.05. The minimum Gasteiger partial charge on any atom is -0.375 e. The molecular weight excluding hydrogens is 262 g/mol. The summed E-state index contributed by atoms with van der Waals surface area (Å²) in [5.41, 5.74) is 7.40. The molecule has 1 amide bonds. The van der Waals surface area contributed by atoms with Gasteiger partial charge in [-0.05, 0) is 38.1 Å². The fraction of sp³-hybridized carbons (Fsp3) is 0.154. The smallest absolute Gasteiger partial charge is 0.267 e. The lowest BCUT2D eigenvalue weighted by Crippen LogP contribution is -2.11. The van der Waals surface area contributed by atoms with E-state index in [2.05, 4.69) is 10.3 Å². The number of ketones is 1. The molecule has 0 aliphatic rings. The summed E-state index contributed by atoms with van der Waals surface area (Å²) >= 11 is 1.15. The van der Waals surface area contributed by atoms with Gasteiger partial charge in [0.25, 0.3) is 5.91 Å². The molecule has 0 saturated heterocycles. The summed E-state index contributed by atoms with van der Waals surface area (Å²) in [6.45, 7) is 3.23. The number of thiazole rings is 1. The Morgan fingerprint density at radius 1 is 1.26 bits per heavy atom. The number of hydrogen-bond donors (Lipinski definition) is 2. The molecule has 1 heterocycles. The Morgan fingerprint density at radius 3 is 2.37 bits per heavy atom. The Bertz CT molecular complexity index is 632. The third-order valence-electron chi connectivity index (χ3n) is 2.57. The Kier molecular flexibility index (Phi) is 3.62. The number of aromatic nitrogens is 1. The first-order chi connectivity index (χ1) is 8.97. The van der Waals surface area contributed by atoms with Crippen LogP contribution in [0.5, 0.6) is 0 Å². The van der Waals surface area contributed by atoms with Crippen molar-refractivity contribution < 1.29 is 9.59 Å². The number of Topliss-reactive ketones (excluding diaryl/α,β-unsaturated/α-hetero) is 1. The standard InChI is InChI=1S/C13H13N3O2S/c1-7-11(19-13(14)15-7)12(18)16-10-5-3-9(4-6-10)8(2)17/h3-6H,1-2H3,(H2,14,15)(H,16,18). The van der Waals surface area contributed by atoms with E-state index >= 15 is 0 Å². The number of nitrogens with zero attached hydrogens (tertiary/aromatic N) is 1. The number of amides is 1. The number of nitrogens with one attached hydrogen (secondary N) is 1. The molecule has 0 aliphatic carbocycles. The third-order valence-corrected chi connectivity index (χ3v) is 3.55. The SMILES string of the molecule is CC(=O)c1ccc(NC(=O)c2sc(N)nc2C)cc1. The van der Waals surface area contributed by atoms with Crippen molar-refractivity contribution in [2.75, 3.05) is 11.1 Å². The van der Waals surface area contributed by atoms with Crippen LogP contribution in [0.25, 0.3) is 0 Å². The van der Waals surface area contributed by atoms with Crippen LogP contribution in [0.1, 0.15) is 32.6 Å². The van der Waals surface area contributed by atoms with Gasteiger partial charge < -0.3 is 11.1 Å². The Hall–Kier alpha value is -2.21. The molecule has 1 aromatic heterocycles. The van der Waals surface area contributed by atoms with Gasteiger partial charge in [0.1, 0.15) is 4.88 Å². The van der Waals surface area contributed by atoms with Gasteiger partial charge in [-0.2, -0.15) is 0 Å². The van der Waals surface area contributed by atoms with Gasteiger partial charge in [0, 0.05) is 11.3 Å². The molecule has 3 N–H and O–H groups in total. The summed E-state index contributed by atoms with van der Waals surface area (Å²) in [5, 5.41) is 3.11. The topological polar surface area (TPSA) is 85.1 Å². The summed E-state index contributed by atoms with van der Waals surface area (Å²) < 4.78 is 0. The average Bonchev–Trinajstić information content (AvgIpc) is 2.69. The normalized spacial score (nSPS) is 10.2. The molecule has 2 rings (SSSR count). The summed E-state index contributed by atoms with van der Waals surface area (Å²) in [6, 6.07) is 6.72. The van der Waals surface area contributed by atoms with E-state index in [4.69, 9.17) is 5.73 Å². The van der Waals surface area contributed by atoms with Gasteiger partial charge >= 0.3 is 0 Å². The lowest BCUT2D eigenvalue weighted by atomic mass is 10.1. The number of benzene rings is 1. The van der Waals surface area contributed by atoms with Crippen molar-refractivity contribution >= 4 is 33.8 Å². The predicted molar refractivity (Wildman–Crippen MR) is 75.7 cm³/mol. The van der Waals surface area contributed by atoms with Crippen LogP contribution in [0.3, 0.4) is 0 Å². The molecular formula is C13H13N3O2S. The van der Waals surface area contributed by atoms with Gasteiger partial charge in [-0.25, -0.2) is 4.98 Å². The molecule has 98 valence electrons. The number of nitrogen functional groups attached to an aromatic ring is 1. The molecule has 1 aromatic carbocycles. The molecule has 0 atom stereocenters. The fourth-order valence-electron chi connectivity index (χ4n) is 1.60. The number of carbonyl (C=O) groups is 2. The number of nitrogens with two attached hydrogens (primary N) is 1. The molecule has 19 heavy (non-hydrogen) atoms. The van der Waals surface area contributed by atoms with Gasteiger partial charge in [0.2, 0.25) is 0 Å². The lowest BCUT2D eigenvalue weighted by molar-refractivity contribution is 0.101. The second-order valence-corrected chi connectivity index (χ2v) is 5.08. The van der Waals surface area contributed by atoms with Crippen LogP contribution in [0.15, 0.2) is 24.3 Å². The van der Waals surface area contributed by atoms with Gasteiger partial charge in [0.05, 0.1) is 5.69 Å². The van der Waals surface area contributed by atoms with Crippen LogP contribution in [0, 0.1) is 6.92 Å². The molecule has 0 spiro atoms. The van der Waals surface area contributed by atoms with Crippen LogP contribution in [-0.4, -0.2) is 16.7 Å². The number of hydrogen-bond acceptors (Lipinski definition) is 5. The highest BCUT2D eigenvalue weighted by Crippen LogP contribution is 2.21. The van der Waals surface area contributed by atoms with Crippen molar-refractivity contribution in [3.63, 3.8) is 0 Å². The largest absolute Gasteiger partial charge is 0.375 e. The third kappa shape index (κ3) is 2.97. The molecule has 0 unspecified atom stereocenters. The Balaban J connectivity index is 2.15. The number of anilines is 2. The highest BCUT2D eigenvalue weighted by Gasteiger charge is 2.14. The van der Waals surface area contributed by atoms with Gasteiger partial charge in [0.15, 0.2) is 10.9 Å². The Labute approximate surface area is 114 Å². The van der Waals surface area contributed by atoms with E-state index in [9.17, 15) is 9.59 Å². The summed E-state index contributed by atoms with van der Waals surface area (Å²) in [6.07, 6.45) is 0. The van der Waals surface area contributed by atoms with Crippen LogP contribution < -0.4 is 11.1 Å². The first kappa shape index (κ1) is 13.2. The minimum atomic E-state index is -0.248.